The molecule has 4 N–H and O–H groups in total. The lowest BCUT2D eigenvalue weighted by molar-refractivity contribution is -0.134. The highest BCUT2D eigenvalue weighted by molar-refractivity contribution is 8.78. The Morgan fingerprint density at radius 1 is 0.818 bits per heavy atom. The number of carboxylic acids is 2. The summed E-state index contributed by atoms with van der Waals surface area (Å²) in [5, 5.41) is 36.0. The van der Waals surface area contributed by atoms with Crippen molar-refractivity contribution in [3.05, 3.63) is 23.3 Å². The zero-order valence-corrected chi connectivity index (χ0v) is 14.5. The van der Waals surface area contributed by atoms with Gasteiger partial charge in [0.25, 0.3) is 0 Å². The van der Waals surface area contributed by atoms with Crippen LogP contribution in [0.15, 0.2) is 21.9 Å². The van der Waals surface area contributed by atoms with E-state index in [2.05, 4.69) is 0 Å². The van der Waals surface area contributed by atoms with E-state index in [0.29, 0.717) is 11.1 Å². The summed E-state index contributed by atoms with van der Waals surface area (Å²) in [6.07, 6.45) is 0. The van der Waals surface area contributed by atoms with Crippen LogP contribution >= 0.6 is 43.2 Å². The number of benzene rings is 1. The van der Waals surface area contributed by atoms with Gasteiger partial charge in [-0.1, -0.05) is 43.2 Å². The van der Waals surface area contributed by atoms with Gasteiger partial charge in [-0.25, -0.2) is 0 Å². The fourth-order valence-electron chi connectivity index (χ4n) is 1.36. The third-order valence-electron chi connectivity index (χ3n) is 2.27. The fraction of sp³-hybridized carbons (Fsp3) is 0.333. The molecule has 22 heavy (non-hydrogen) atoms. The molecule has 0 saturated heterocycles. The molecule has 0 aliphatic heterocycles. The molecule has 0 bridgehead atoms. The first kappa shape index (κ1) is 19.5. The van der Waals surface area contributed by atoms with Crippen LogP contribution in [0.2, 0.25) is 0 Å². The van der Waals surface area contributed by atoms with E-state index in [1.165, 1.54) is 21.6 Å². The molecule has 10 heteroatoms. The van der Waals surface area contributed by atoms with Crippen molar-refractivity contribution < 1.29 is 30.0 Å². The Kier molecular flexibility index (Phi) is 9.13. The Morgan fingerprint density at radius 2 is 1.18 bits per heavy atom. The van der Waals surface area contributed by atoms with Gasteiger partial charge in [0.2, 0.25) is 0 Å². The summed E-state index contributed by atoms with van der Waals surface area (Å²) in [5.74, 6) is -2.01. The quantitative estimate of drug-likeness (QED) is 0.449. The minimum atomic E-state index is -0.929. The van der Waals surface area contributed by atoms with Crippen LogP contribution in [0.3, 0.4) is 0 Å². The second-order valence-electron chi connectivity index (χ2n) is 3.86. The highest BCUT2D eigenvalue weighted by Crippen LogP contribution is 2.43. The third kappa shape index (κ3) is 6.71. The minimum Gasteiger partial charge on any atom is -0.481 e. The highest BCUT2D eigenvalue weighted by Gasteiger charge is 2.12. The fourth-order valence-corrected chi connectivity index (χ4v) is 5.71. The smallest absolute Gasteiger partial charge is 0.314 e. The largest absolute Gasteiger partial charge is 0.481 e. The van der Waals surface area contributed by atoms with Gasteiger partial charge in [0, 0.05) is 9.79 Å². The van der Waals surface area contributed by atoms with Gasteiger partial charge in [-0.3, -0.25) is 9.59 Å². The summed E-state index contributed by atoms with van der Waals surface area (Å²) in [7, 11) is 4.76. The summed E-state index contributed by atoms with van der Waals surface area (Å²) >= 11 is 0. The normalized spacial score (nSPS) is 10.6. The standard InChI is InChI=1S/C12H14O6S4/c13-3-7-1-9(21-19-5-11(15)16)10(2-8(7)4-14)22-20-6-12(17)18/h1-2,13-14H,3-6H2,(H,15,16)(H,17,18). The van der Waals surface area contributed by atoms with Gasteiger partial charge in [-0.15, -0.1) is 0 Å². The third-order valence-corrected chi connectivity index (χ3v) is 6.89. The number of rotatable bonds is 10. The summed E-state index contributed by atoms with van der Waals surface area (Å²) in [4.78, 5) is 22.6. The monoisotopic (exact) mass is 382 g/mol. The van der Waals surface area contributed by atoms with E-state index in [4.69, 9.17) is 10.2 Å². The van der Waals surface area contributed by atoms with Crippen molar-refractivity contribution in [3.63, 3.8) is 0 Å². The van der Waals surface area contributed by atoms with Crippen LogP contribution < -0.4 is 0 Å². The predicted octanol–water partition coefficient (Wildman–Crippen LogP) is 2.32. The van der Waals surface area contributed by atoms with Crippen LogP contribution in [0.4, 0.5) is 0 Å². The van der Waals surface area contributed by atoms with Gasteiger partial charge in [0.1, 0.15) is 11.5 Å². The molecular formula is C12H14O6S4. The lowest BCUT2D eigenvalue weighted by atomic mass is 10.1. The molecule has 0 spiro atoms. The SMILES string of the molecule is O=C(O)CSSc1cc(CO)c(CO)cc1SSCC(=O)O. The maximum Gasteiger partial charge on any atom is 0.314 e. The van der Waals surface area contributed by atoms with Crippen molar-refractivity contribution in [2.45, 2.75) is 23.0 Å². The van der Waals surface area contributed by atoms with Crippen molar-refractivity contribution in [2.24, 2.45) is 0 Å². The van der Waals surface area contributed by atoms with Crippen LogP contribution in [0.25, 0.3) is 0 Å². The zero-order chi connectivity index (χ0) is 16.5. The van der Waals surface area contributed by atoms with Gasteiger partial charge in [0.05, 0.1) is 13.2 Å². The number of hydrogen-bond donors (Lipinski definition) is 4. The van der Waals surface area contributed by atoms with Crippen molar-refractivity contribution in [2.75, 3.05) is 11.5 Å². The Balaban J connectivity index is 2.91. The van der Waals surface area contributed by atoms with E-state index in [1.54, 1.807) is 12.1 Å². The Hall–Kier alpha value is -0.520. The topological polar surface area (TPSA) is 115 Å². The number of hydrogen-bond acceptors (Lipinski definition) is 8. The molecule has 0 atom stereocenters. The molecule has 6 nitrogen and oxygen atoms in total. The zero-order valence-electron chi connectivity index (χ0n) is 11.2. The first-order valence-electron chi connectivity index (χ1n) is 5.88. The number of aliphatic hydroxyl groups is 2. The molecule has 0 saturated carbocycles. The highest BCUT2D eigenvalue weighted by atomic mass is 33.1. The molecule has 0 unspecified atom stereocenters. The minimum absolute atomic E-state index is 0.0761. The Morgan fingerprint density at radius 3 is 1.45 bits per heavy atom. The van der Waals surface area contributed by atoms with Gasteiger partial charge >= 0.3 is 11.9 Å². The summed E-state index contributed by atoms with van der Waals surface area (Å²) in [5.41, 5.74) is 1.13. The number of carbonyl (C=O) groups is 2. The average Bonchev–Trinajstić information content (AvgIpc) is 2.47. The van der Waals surface area contributed by atoms with Gasteiger partial charge in [-0.2, -0.15) is 0 Å². The predicted molar refractivity (Wildman–Crippen MR) is 90.2 cm³/mol. The number of aliphatic carboxylic acids is 2. The molecule has 0 aromatic heterocycles. The van der Waals surface area contributed by atoms with Crippen molar-refractivity contribution in [3.8, 4) is 0 Å². The lowest BCUT2D eigenvalue weighted by Crippen LogP contribution is -1.98. The van der Waals surface area contributed by atoms with Crippen molar-refractivity contribution in [1.29, 1.82) is 0 Å². The maximum absolute atomic E-state index is 10.6. The Bertz CT molecular complexity index is 490. The maximum atomic E-state index is 10.6. The summed E-state index contributed by atoms with van der Waals surface area (Å²) in [6, 6.07) is 3.38. The van der Waals surface area contributed by atoms with Gasteiger partial charge < -0.3 is 20.4 Å². The first-order chi connectivity index (χ1) is 10.5. The van der Waals surface area contributed by atoms with Crippen LogP contribution in [0.1, 0.15) is 11.1 Å². The molecule has 0 fully saturated rings. The van der Waals surface area contributed by atoms with E-state index in [1.807, 2.05) is 0 Å². The van der Waals surface area contributed by atoms with Crippen molar-refractivity contribution in [1.82, 2.24) is 0 Å². The number of aliphatic hydroxyl groups excluding tert-OH is 2. The van der Waals surface area contributed by atoms with Gasteiger partial charge in [-0.05, 0) is 23.3 Å². The first-order valence-corrected chi connectivity index (χ1v) is 10.5. The van der Waals surface area contributed by atoms with E-state index in [9.17, 15) is 19.8 Å². The molecular weight excluding hydrogens is 368 g/mol. The molecule has 0 amide bonds. The molecule has 1 aromatic rings. The lowest BCUT2D eigenvalue weighted by Gasteiger charge is -2.12. The molecule has 0 heterocycles. The second-order valence-corrected chi connectivity index (χ2v) is 8.54. The molecule has 1 aromatic carbocycles. The van der Waals surface area contributed by atoms with Crippen LogP contribution in [0, 0.1) is 0 Å². The van der Waals surface area contributed by atoms with Crippen molar-refractivity contribution >= 4 is 55.1 Å². The summed E-state index contributed by atoms with van der Waals surface area (Å²) < 4.78 is 0. The van der Waals surface area contributed by atoms with Crippen LogP contribution in [0.5, 0.6) is 0 Å². The molecule has 1 rings (SSSR count). The molecule has 0 aliphatic rings. The average molecular weight is 383 g/mol. The Labute approximate surface area is 142 Å². The van der Waals surface area contributed by atoms with Gasteiger partial charge in [0.15, 0.2) is 0 Å². The van der Waals surface area contributed by atoms with E-state index < -0.39 is 11.9 Å². The van der Waals surface area contributed by atoms with E-state index in [0.717, 1.165) is 31.4 Å². The second kappa shape index (κ2) is 10.3. The molecule has 122 valence electrons. The van der Waals surface area contributed by atoms with E-state index >= 15 is 0 Å². The molecule has 0 radical (unpaired) electrons. The van der Waals surface area contributed by atoms with E-state index in [-0.39, 0.29) is 24.7 Å². The van der Waals surface area contributed by atoms with Crippen LogP contribution in [-0.2, 0) is 22.8 Å². The summed E-state index contributed by atoms with van der Waals surface area (Å²) in [6.45, 7) is -0.472. The van der Waals surface area contributed by atoms with Crippen LogP contribution in [-0.4, -0.2) is 43.9 Å². The molecule has 0 aliphatic carbocycles. The number of carboxylic acid groups (broad SMARTS) is 2.